The summed E-state index contributed by atoms with van der Waals surface area (Å²) in [5.41, 5.74) is 1.59. The first kappa shape index (κ1) is 20.3. The van der Waals surface area contributed by atoms with Crippen LogP contribution in [0.1, 0.15) is 22.8 Å². The Labute approximate surface area is 185 Å². The van der Waals surface area contributed by atoms with E-state index in [1.807, 2.05) is 6.07 Å². The number of ether oxygens (including phenoxy) is 1. The zero-order valence-electron chi connectivity index (χ0n) is 15.3. The number of carbonyl (C=O) groups is 3. The number of rotatable bonds is 3. The van der Waals surface area contributed by atoms with Crippen LogP contribution in [0.15, 0.2) is 46.9 Å². The third kappa shape index (κ3) is 3.23. The van der Waals surface area contributed by atoms with Crippen LogP contribution in [0.4, 0.5) is 5.69 Å². The van der Waals surface area contributed by atoms with E-state index in [0.29, 0.717) is 21.8 Å². The molecular weight excluding hydrogens is 480 g/mol. The van der Waals surface area contributed by atoms with Crippen molar-refractivity contribution in [2.75, 3.05) is 17.7 Å². The average Bonchev–Trinajstić information content (AvgIpc) is 3.22. The summed E-state index contributed by atoms with van der Waals surface area (Å²) in [7, 11) is 0. The van der Waals surface area contributed by atoms with Gasteiger partial charge in [-0.3, -0.25) is 14.5 Å². The molecule has 2 aromatic carbocycles. The quantitative estimate of drug-likeness (QED) is 0.651. The van der Waals surface area contributed by atoms with E-state index in [2.05, 4.69) is 21.2 Å². The van der Waals surface area contributed by atoms with Crippen molar-refractivity contribution in [2.45, 2.75) is 17.8 Å². The Morgan fingerprint density at radius 2 is 2.03 bits per heavy atom. The van der Waals surface area contributed by atoms with Gasteiger partial charge in [-0.2, -0.15) is 0 Å². The molecule has 1 N–H and O–H groups in total. The maximum atomic E-state index is 13.5. The van der Waals surface area contributed by atoms with Gasteiger partial charge in [0, 0.05) is 32.1 Å². The Morgan fingerprint density at radius 3 is 2.72 bits per heavy atom. The molecule has 0 aliphatic carbocycles. The topological polar surface area (TPSA) is 75.7 Å². The summed E-state index contributed by atoms with van der Waals surface area (Å²) in [6, 6.07) is 10.9. The molecule has 2 heterocycles. The monoisotopic (exact) mass is 494 g/mol. The highest BCUT2D eigenvalue weighted by Gasteiger charge is 2.61. The largest absolute Gasteiger partial charge is 0.464 e. The summed E-state index contributed by atoms with van der Waals surface area (Å²) in [5, 5.41) is 3.33. The third-order valence-corrected chi connectivity index (χ3v) is 7.12. The van der Waals surface area contributed by atoms with Crippen molar-refractivity contribution in [3.8, 4) is 0 Å². The molecule has 0 bridgehead atoms. The smallest absolute Gasteiger partial charge is 0.329 e. The maximum absolute atomic E-state index is 13.5. The van der Waals surface area contributed by atoms with Gasteiger partial charge in [0.2, 0.25) is 0 Å². The zero-order valence-corrected chi connectivity index (χ0v) is 18.4. The van der Waals surface area contributed by atoms with E-state index in [1.165, 1.54) is 16.7 Å². The number of carbonyl (C=O) groups excluding carboxylic acids is 3. The minimum absolute atomic E-state index is 0.185. The van der Waals surface area contributed by atoms with E-state index >= 15 is 0 Å². The lowest BCUT2D eigenvalue weighted by atomic mass is 10.0. The molecule has 1 spiro atoms. The van der Waals surface area contributed by atoms with E-state index in [-0.39, 0.29) is 18.3 Å². The number of amides is 2. The summed E-state index contributed by atoms with van der Waals surface area (Å²) < 4.78 is 5.97. The summed E-state index contributed by atoms with van der Waals surface area (Å²) in [6.45, 7) is 1.89. The molecule has 0 unspecified atom stereocenters. The highest BCUT2D eigenvalue weighted by Crippen LogP contribution is 2.54. The predicted octanol–water partition coefficient (Wildman–Crippen LogP) is 4.03. The van der Waals surface area contributed by atoms with Crippen molar-refractivity contribution in [1.82, 2.24) is 4.90 Å². The van der Waals surface area contributed by atoms with E-state index in [0.717, 1.165) is 4.47 Å². The first-order valence-corrected chi connectivity index (χ1v) is 11.1. The van der Waals surface area contributed by atoms with Crippen molar-refractivity contribution in [2.24, 2.45) is 0 Å². The van der Waals surface area contributed by atoms with Gasteiger partial charge < -0.3 is 10.1 Å². The molecular formula is C20H16BrClN2O4S. The van der Waals surface area contributed by atoms with Gasteiger partial charge in [0.25, 0.3) is 11.8 Å². The van der Waals surface area contributed by atoms with Gasteiger partial charge in [-0.25, -0.2) is 4.79 Å². The molecule has 2 aromatic rings. The second kappa shape index (κ2) is 7.66. The second-order valence-electron chi connectivity index (χ2n) is 6.55. The fraction of sp³-hybridized carbons (Fsp3) is 0.250. The summed E-state index contributed by atoms with van der Waals surface area (Å²) >= 11 is 10.6. The molecule has 1 fully saturated rings. The van der Waals surface area contributed by atoms with Crippen molar-refractivity contribution in [1.29, 1.82) is 0 Å². The van der Waals surface area contributed by atoms with Gasteiger partial charge in [0.1, 0.15) is 6.04 Å². The molecule has 0 saturated carbocycles. The van der Waals surface area contributed by atoms with E-state index in [9.17, 15) is 14.4 Å². The Balaban J connectivity index is 1.86. The Kier molecular flexibility index (Phi) is 5.35. The lowest BCUT2D eigenvalue weighted by Crippen LogP contribution is -2.54. The summed E-state index contributed by atoms with van der Waals surface area (Å²) in [4.78, 5) is 39.4. The summed E-state index contributed by atoms with van der Waals surface area (Å²) in [5.74, 6) is -1.08. The molecule has 2 atom stereocenters. The Bertz CT molecular complexity index is 1020. The molecule has 9 heteroatoms. The molecule has 4 rings (SSSR count). The number of halogens is 2. The van der Waals surface area contributed by atoms with Crippen LogP contribution in [-0.2, 0) is 19.2 Å². The van der Waals surface area contributed by atoms with E-state index in [4.69, 9.17) is 16.3 Å². The first-order chi connectivity index (χ1) is 13.9. The maximum Gasteiger partial charge on any atom is 0.329 e. The van der Waals surface area contributed by atoms with Crippen LogP contribution >= 0.6 is 39.3 Å². The van der Waals surface area contributed by atoms with Gasteiger partial charge >= 0.3 is 5.97 Å². The van der Waals surface area contributed by atoms with Gasteiger partial charge in [0.05, 0.1) is 6.61 Å². The van der Waals surface area contributed by atoms with Crippen LogP contribution < -0.4 is 5.32 Å². The first-order valence-electron chi connectivity index (χ1n) is 8.89. The van der Waals surface area contributed by atoms with Crippen molar-refractivity contribution in [3.05, 3.63) is 63.1 Å². The van der Waals surface area contributed by atoms with Crippen LogP contribution in [0.2, 0.25) is 5.02 Å². The molecule has 0 aromatic heterocycles. The van der Waals surface area contributed by atoms with Gasteiger partial charge in [-0.05, 0) is 49.4 Å². The number of nitrogens with one attached hydrogen (secondary N) is 1. The van der Waals surface area contributed by atoms with E-state index in [1.54, 1.807) is 43.3 Å². The SMILES string of the molecule is CCOC(=O)[C@@H]1CS[C@]2(C(=O)Nc3ccc(Br)cc32)N1C(=O)c1ccc(Cl)cc1. The highest BCUT2D eigenvalue weighted by molar-refractivity contribution is 9.10. The zero-order chi connectivity index (χ0) is 20.8. The standard InChI is InChI=1S/C20H16BrClN2O4S/c1-2-28-18(26)16-10-29-20(14-9-12(21)5-8-15(14)23-19(20)27)24(16)17(25)11-3-6-13(22)7-4-11/h3-9,16H,2,10H2,1H3,(H,23,27)/t16-,20+/m0/s1. The lowest BCUT2D eigenvalue weighted by Gasteiger charge is -2.35. The minimum Gasteiger partial charge on any atom is -0.464 e. The third-order valence-electron chi connectivity index (χ3n) is 4.87. The Morgan fingerprint density at radius 1 is 1.31 bits per heavy atom. The number of nitrogens with zero attached hydrogens (tertiary/aromatic N) is 1. The second-order valence-corrected chi connectivity index (χ2v) is 9.11. The number of anilines is 1. The molecule has 2 amide bonds. The minimum atomic E-state index is -1.35. The van der Waals surface area contributed by atoms with Crippen LogP contribution in [0.5, 0.6) is 0 Å². The molecule has 1 saturated heterocycles. The predicted molar refractivity (Wildman–Crippen MR) is 115 cm³/mol. The molecule has 2 aliphatic rings. The fourth-order valence-corrected chi connectivity index (χ4v) is 5.64. The lowest BCUT2D eigenvalue weighted by molar-refractivity contribution is -0.148. The highest BCUT2D eigenvalue weighted by atomic mass is 79.9. The molecule has 0 radical (unpaired) electrons. The van der Waals surface area contributed by atoms with Crippen molar-refractivity contribution < 1.29 is 19.1 Å². The van der Waals surface area contributed by atoms with Crippen molar-refractivity contribution >= 4 is 62.8 Å². The fourth-order valence-electron chi connectivity index (χ4n) is 3.61. The number of hydrogen-bond donors (Lipinski definition) is 1. The van der Waals surface area contributed by atoms with Gasteiger partial charge in [-0.1, -0.05) is 27.5 Å². The average molecular weight is 496 g/mol. The van der Waals surface area contributed by atoms with Crippen LogP contribution in [0.3, 0.4) is 0 Å². The van der Waals surface area contributed by atoms with Gasteiger partial charge in [0.15, 0.2) is 4.87 Å². The molecule has 29 heavy (non-hydrogen) atoms. The van der Waals surface area contributed by atoms with E-state index < -0.39 is 22.8 Å². The number of benzene rings is 2. The Hall–Kier alpha value is -2.03. The van der Waals surface area contributed by atoms with Crippen LogP contribution in [0.25, 0.3) is 0 Å². The number of esters is 1. The number of thioether (sulfide) groups is 1. The van der Waals surface area contributed by atoms with Crippen molar-refractivity contribution in [3.63, 3.8) is 0 Å². The van der Waals surface area contributed by atoms with Gasteiger partial charge in [-0.15, -0.1) is 11.8 Å². The molecule has 150 valence electrons. The van der Waals surface area contributed by atoms with Crippen LogP contribution in [0, 0.1) is 0 Å². The molecule has 6 nitrogen and oxygen atoms in total. The molecule has 2 aliphatic heterocycles. The number of fused-ring (bicyclic) bond motifs is 2. The number of hydrogen-bond acceptors (Lipinski definition) is 5. The summed E-state index contributed by atoms with van der Waals surface area (Å²) in [6.07, 6.45) is 0. The normalized spacial score (nSPS) is 22.5. The van der Waals surface area contributed by atoms with Crippen LogP contribution in [-0.4, -0.2) is 41.1 Å².